The van der Waals surface area contributed by atoms with Gasteiger partial charge in [0, 0.05) is 5.54 Å². The summed E-state index contributed by atoms with van der Waals surface area (Å²) >= 11 is -2.86. The molecule has 0 aromatic rings. The Morgan fingerprint density at radius 3 is 1.93 bits per heavy atom. The molecular weight excluding hydrogens is 217 g/mol. The van der Waals surface area contributed by atoms with Crippen LogP contribution in [-0.2, 0) is 16.2 Å². The largest absolute Gasteiger partial charge is 1.00 e. The van der Waals surface area contributed by atoms with Crippen LogP contribution in [0, 0.1) is 0 Å². The van der Waals surface area contributed by atoms with Crippen LogP contribution in [0.15, 0.2) is 12.7 Å². The van der Waals surface area contributed by atoms with E-state index >= 15 is 0 Å². The molecule has 1 unspecified atom stereocenters. The van der Waals surface area contributed by atoms with Crippen molar-refractivity contribution in [1.29, 1.82) is 0 Å². The molecule has 0 heterocycles. The van der Waals surface area contributed by atoms with E-state index in [-0.39, 0.29) is 41.0 Å². The molecule has 1 amide bonds. The molecule has 78 valence electrons. The normalized spacial score (nSPS) is 11.2. The maximum absolute atomic E-state index is 10.6. The molecule has 0 rings (SSSR count). The number of hydrogen-bond donors (Lipinski definition) is 2. The van der Waals surface area contributed by atoms with Crippen LogP contribution in [0.3, 0.4) is 0 Å². The van der Waals surface area contributed by atoms with Gasteiger partial charge >= 0.3 is 29.6 Å². The summed E-state index contributed by atoms with van der Waals surface area (Å²) in [5.41, 5.74) is -0.148. The molecule has 0 aliphatic rings. The second-order valence-corrected chi connectivity index (χ2v) is 3.59. The number of carbonyl (C=O) groups is 1. The van der Waals surface area contributed by atoms with Crippen molar-refractivity contribution in [2.24, 2.45) is 0 Å². The number of carbonyl (C=O) groups excluding carboxylic acids is 1. The third-order valence-corrected chi connectivity index (χ3v) is 0.684. The van der Waals surface area contributed by atoms with E-state index < -0.39 is 11.4 Å². The van der Waals surface area contributed by atoms with E-state index in [1.54, 1.807) is 0 Å². The summed E-state index contributed by atoms with van der Waals surface area (Å²) in [6.45, 7) is 9.11. The predicted octanol–water partition coefficient (Wildman–Crippen LogP) is -2.57. The standard InChI is InChI=1S/C7H13NO.Na.H2O3S/c1-5-6(9)8-7(2,3)4;;1-4(2)3/h5H,1H2,2-4H3,(H,8,9);;(H2,1,2,3)/q;+1;/p-1. The summed E-state index contributed by atoms with van der Waals surface area (Å²) < 4.78 is 24.1. The van der Waals surface area contributed by atoms with Gasteiger partial charge in [0.15, 0.2) is 0 Å². The fourth-order valence-electron chi connectivity index (χ4n) is 0.421. The average molecular weight is 231 g/mol. The number of hydrogen-bond acceptors (Lipinski definition) is 3. The summed E-state index contributed by atoms with van der Waals surface area (Å²) in [6.07, 6.45) is 1.27. The van der Waals surface area contributed by atoms with Crippen LogP contribution in [0.25, 0.3) is 0 Å². The van der Waals surface area contributed by atoms with Gasteiger partial charge in [-0.25, -0.2) is 4.21 Å². The smallest absolute Gasteiger partial charge is 0.750 e. The molecule has 0 aromatic heterocycles. The van der Waals surface area contributed by atoms with Crippen molar-refractivity contribution in [3.63, 3.8) is 0 Å². The number of nitrogens with one attached hydrogen (secondary N) is 1. The van der Waals surface area contributed by atoms with Crippen molar-refractivity contribution < 1.29 is 47.7 Å². The van der Waals surface area contributed by atoms with Crippen LogP contribution >= 0.6 is 0 Å². The second kappa shape index (κ2) is 9.82. The first-order valence-corrected chi connectivity index (χ1v) is 4.45. The van der Waals surface area contributed by atoms with E-state index in [9.17, 15) is 4.79 Å². The molecule has 2 N–H and O–H groups in total. The Labute approximate surface area is 109 Å². The molecular formula is C7H14NNaO4S. The van der Waals surface area contributed by atoms with Gasteiger partial charge in [-0.15, -0.1) is 0 Å². The molecule has 0 saturated carbocycles. The maximum atomic E-state index is 10.6. The Morgan fingerprint density at radius 1 is 1.57 bits per heavy atom. The minimum Gasteiger partial charge on any atom is -0.750 e. The minimum atomic E-state index is -2.86. The van der Waals surface area contributed by atoms with E-state index in [1.165, 1.54) is 6.08 Å². The van der Waals surface area contributed by atoms with Crippen molar-refractivity contribution >= 4 is 17.3 Å². The van der Waals surface area contributed by atoms with Gasteiger partial charge in [0.05, 0.1) is 11.4 Å². The fraction of sp³-hybridized carbons (Fsp3) is 0.571. The molecule has 0 saturated heterocycles. The molecule has 0 spiro atoms. The summed E-state index contributed by atoms with van der Waals surface area (Å²) in [7, 11) is 0. The van der Waals surface area contributed by atoms with Gasteiger partial charge in [-0.3, -0.25) is 4.79 Å². The Kier molecular flexibility index (Phi) is 13.9. The zero-order chi connectivity index (χ0) is 11.1. The molecule has 0 radical (unpaired) electrons. The van der Waals surface area contributed by atoms with Crippen LogP contribution < -0.4 is 34.9 Å². The number of rotatable bonds is 1. The molecule has 0 fully saturated rings. The Balaban J connectivity index is -0.000000209. The molecule has 0 aliphatic heterocycles. The van der Waals surface area contributed by atoms with Crippen LogP contribution in [0.1, 0.15) is 20.8 Å². The molecule has 0 aliphatic carbocycles. The minimum absolute atomic E-state index is 0. The SMILES string of the molecule is C=CC(=O)NC(C)(C)C.O=S([O-])O.[Na+]. The summed E-state index contributed by atoms with van der Waals surface area (Å²) in [6, 6.07) is 0. The first kappa shape index (κ1) is 19.8. The molecule has 1 atom stereocenters. The first-order valence-electron chi connectivity index (χ1n) is 3.42. The van der Waals surface area contributed by atoms with Crippen molar-refractivity contribution in [3.8, 4) is 0 Å². The van der Waals surface area contributed by atoms with Crippen molar-refractivity contribution in [1.82, 2.24) is 5.32 Å². The van der Waals surface area contributed by atoms with Gasteiger partial charge < -0.3 is 14.4 Å². The molecule has 0 aromatic carbocycles. The Bertz CT molecular complexity index is 198. The van der Waals surface area contributed by atoms with Crippen LogP contribution in [0.4, 0.5) is 0 Å². The Morgan fingerprint density at radius 2 is 1.86 bits per heavy atom. The molecule has 5 nitrogen and oxygen atoms in total. The zero-order valence-corrected chi connectivity index (χ0v) is 11.7. The quantitative estimate of drug-likeness (QED) is 0.295. The summed E-state index contributed by atoms with van der Waals surface area (Å²) in [5.74, 6) is -0.123. The van der Waals surface area contributed by atoms with Gasteiger partial charge in [0.2, 0.25) is 5.91 Å². The Hall–Kier alpha value is 0.280. The third kappa shape index (κ3) is 29.5. The maximum Gasteiger partial charge on any atom is 1.00 e. The van der Waals surface area contributed by atoms with Crippen molar-refractivity contribution in [2.75, 3.05) is 0 Å². The van der Waals surface area contributed by atoms with Gasteiger partial charge in [-0.05, 0) is 26.8 Å². The first-order chi connectivity index (χ1) is 5.69. The van der Waals surface area contributed by atoms with Gasteiger partial charge in [0.25, 0.3) is 0 Å². The van der Waals surface area contributed by atoms with Crippen molar-refractivity contribution in [3.05, 3.63) is 12.7 Å². The van der Waals surface area contributed by atoms with Gasteiger partial charge in [0.1, 0.15) is 0 Å². The summed E-state index contributed by atoms with van der Waals surface area (Å²) in [4.78, 5) is 10.6. The van der Waals surface area contributed by atoms with Crippen LogP contribution in [0.2, 0.25) is 0 Å². The number of amides is 1. The molecule has 14 heavy (non-hydrogen) atoms. The average Bonchev–Trinajstić information content (AvgIpc) is 1.82. The van der Waals surface area contributed by atoms with E-state index in [0.29, 0.717) is 0 Å². The topological polar surface area (TPSA) is 89.5 Å². The van der Waals surface area contributed by atoms with E-state index in [1.807, 2.05) is 20.8 Å². The zero-order valence-electron chi connectivity index (χ0n) is 8.86. The monoisotopic (exact) mass is 231 g/mol. The fourth-order valence-corrected chi connectivity index (χ4v) is 0.421. The van der Waals surface area contributed by atoms with E-state index in [0.717, 1.165) is 0 Å². The summed E-state index contributed by atoms with van der Waals surface area (Å²) in [5, 5.41) is 2.71. The van der Waals surface area contributed by atoms with Crippen molar-refractivity contribution in [2.45, 2.75) is 26.3 Å². The van der Waals surface area contributed by atoms with E-state index in [2.05, 4.69) is 11.9 Å². The molecule has 7 heteroatoms. The predicted molar refractivity (Wildman–Crippen MR) is 49.6 cm³/mol. The third-order valence-electron chi connectivity index (χ3n) is 0.684. The van der Waals surface area contributed by atoms with Gasteiger partial charge in [-0.1, -0.05) is 6.58 Å². The van der Waals surface area contributed by atoms with Gasteiger partial charge in [-0.2, -0.15) is 0 Å². The van der Waals surface area contributed by atoms with Crippen LogP contribution in [0.5, 0.6) is 0 Å². The second-order valence-electron chi connectivity index (χ2n) is 3.16. The van der Waals surface area contributed by atoms with Crippen LogP contribution in [-0.4, -0.2) is 24.8 Å². The molecule has 0 bridgehead atoms. The van der Waals surface area contributed by atoms with E-state index in [4.69, 9.17) is 13.3 Å².